The van der Waals surface area contributed by atoms with Gasteiger partial charge in [-0.15, -0.1) is 0 Å². The van der Waals surface area contributed by atoms with Crippen LogP contribution in [0.5, 0.6) is 0 Å². The summed E-state index contributed by atoms with van der Waals surface area (Å²) < 4.78 is 17.2. The van der Waals surface area contributed by atoms with E-state index in [0.29, 0.717) is 19.4 Å². The van der Waals surface area contributed by atoms with Crippen molar-refractivity contribution in [3.63, 3.8) is 0 Å². The molecule has 0 aromatic rings. The fourth-order valence-corrected chi connectivity index (χ4v) is 5.77. The second kappa shape index (κ2) is 43.0. The lowest BCUT2D eigenvalue weighted by molar-refractivity contribution is -0.163. The Morgan fingerprint density at radius 2 is 0.885 bits per heavy atom. The third-order valence-electron chi connectivity index (χ3n) is 9.04. The van der Waals surface area contributed by atoms with Gasteiger partial charge in [0.15, 0.2) is 6.10 Å². The summed E-state index contributed by atoms with van der Waals surface area (Å²) in [6.45, 7) is 7.57. The Hall–Kier alpha value is -2.40. The van der Waals surface area contributed by atoms with E-state index in [1.54, 1.807) is 0 Å². The number of allylic oxidation sites excluding steroid dienone is 10. The van der Waals surface area contributed by atoms with Crippen LogP contribution < -0.4 is 0 Å². The zero-order chi connectivity index (χ0) is 37.8. The van der Waals surface area contributed by atoms with Crippen molar-refractivity contribution < 1.29 is 23.8 Å². The number of carbonyl (C=O) groups excluding carboxylic acids is 2. The average Bonchev–Trinajstić information content (AvgIpc) is 3.14. The first-order chi connectivity index (χ1) is 25.6. The van der Waals surface area contributed by atoms with Crippen molar-refractivity contribution in [3.8, 4) is 0 Å². The summed E-state index contributed by atoms with van der Waals surface area (Å²) in [4.78, 5) is 25.1. The molecule has 0 aliphatic carbocycles. The molecule has 300 valence electrons. The predicted octanol–water partition coefficient (Wildman–Crippen LogP) is 14.2. The van der Waals surface area contributed by atoms with E-state index < -0.39 is 6.10 Å². The fraction of sp³-hybridized carbons (Fsp3) is 0.745. The molecular weight excluding hydrogens is 645 g/mol. The highest BCUT2D eigenvalue weighted by molar-refractivity contribution is 5.70. The minimum atomic E-state index is -0.551. The molecule has 0 aliphatic heterocycles. The number of carbonyl (C=O) groups is 2. The molecule has 0 saturated heterocycles. The molecule has 52 heavy (non-hydrogen) atoms. The van der Waals surface area contributed by atoms with Crippen LogP contribution in [0.1, 0.15) is 201 Å². The van der Waals surface area contributed by atoms with Gasteiger partial charge in [0.1, 0.15) is 6.61 Å². The molecule has 0 radical (unpaired) electrons. The van der Waals surface area contributed by atoms with Gasteiger partial charge in [0, 0.05) is 19.4 Å². The van der Waals surface area contributed by atoms with Gasteiger partial charge in [-0.3, -0.25) is 9.59 Å². The van der Waals surface area contributed by atoms with Crippen molar-refractivity contribution >= 4 is 11.9 Å². The van der Waals surface area contributed by atoms with Crippen LogP contribution in [0.4, 0.5) is 0 Å². The fourth-order valence-electron chi connectivity index (χ4n) is 5.77. The van der Waals surface area contributed by atoms with E-state index in [-0.39, 0.29) is 25.2 Å². The van der Waals surface area contributed by atoms with Gasteiger partial charge in [0.25, 0.3) is 0 Å². The van der Waals surface area contributed by atoms with Crippen LogP contribution in [-0.4, -0.2) is 37.9 Å². The predicted molar refractivity (Wildman–Crippen MR) is 224 cm³/mol. The first kappa shape index (κ1) is 49.6. The molecule has 0 bridgehead atoms. The zero-order valence-corrected chi connectivity index (χ0v) is 34.3. The molecule has 0 N–H and O–H groups in total. The Kier molecular flexibility index (Phi) is 41.0. The highest BCUT2D eigenvalue weighted by Gasteiger charge is 2.17. The zero-order valence-electron chi connectivity index (χ0n) is 34.3. The van der Waals surface area contributed by atoms with Crippen LogP contribution in [0.15, 0.2) is 60.8 Å². The molecule has 0 spiro atoms. The van der Waals surface area contributed by atoms with Crippen LogP contribution in [0.3, 0.4) is 0 Å². The Balaban J connectivity index is 4.29. The largest absolute Gasteiger partial charge is 0.462 e. The number of hydrogen-bond donors (Lipinski definition) is 0. The van der Waals surface area contributed by atoms with E-state index in [9.17, 15) is 9.59 Å². The molecule has 0 heterocycles. The van der Waals surface area contributed by atoms with Crippen LogP contribution >= 0.6 is 0 Å². The van der Waals surface area contributed by atoms with E-state index in [4.69, 9.17) is 14.2 Å². The number of esters is 2. The van der Waals surface area contributed by atoms with Crippen LogP contribution in [0.25, 0.3) is 0 Å². The first-order valence-electron chi connectivity index (χ1n) is 21.8. The normalized spacial score (nSPS) is 12.8. The van der Waals surface area contributed by atoms with Crippen molar-refractivity contribution in [2.75, 3.05) is 19.8 Å². The van der Waals surface area contributed by atoms with Gasteiger partial charge in [0.2, 0.25) is 0 Å². The van der Waals surface area contributed by atoms with E-state index in [1.807, 2.05) is 0 Å². The number of unbranched alkanes of at least 4 members (excludes halogenated alkanes) is 18. The third-order valence-corrected chi connectivity index (χ3v) is 9.04. The molecule has 0 amide bonds. The van der Waals surface area contributed by atoms with Gasteiger partial charge in [-0.05, 0) is 77.0 Å². The summed E-state index contributed by atoms with van der Waals surface area (Å²) >= 11 is 0. The van der Waals surface area contributed by atoms with E-state index in [0.717, 1.165) is 89.9 Å². The molecule has 5 heteroatoms. The summed E-state index contributed by atoms with van der Waals surface area (Å²) in [5.74, 6) is -0.430. The Labute approximate surface area is 322 Å². The van der Waals surface area contributed by atoms with E-state index >= 15 is 0 Å². The van der Waals surface area contributed by atoms with E-state index in [2.05, 4.69) is 81.5 Å². The second-order valence-electron chi connectivity index (χ2n) is 14.2. The first-order valence-corrected chi connectivity index (χ1v) is 21.8. The van der Waals surface area contributed by atoms with Crippen LogP contribution in [0, 0.1) is 0 Å². The van der Waals surface area contributed by atoms with Gasteiger partial charge in [-0.25, -0.2) is 0 Å². The molecule has 0 rings (SSSR count). The Bertz CT molecular complexity index is 915. The monoisotopic (exact) mass is 727 g/mol. The lowest BCUT2D eigenvalue weighted by Crippen LogP contribution is -2.30. The Morgan fingerprint density at radius 1 is 0.442 bits per heavy atom. The van der Waals surface area contributed by atoms with Gasteiger partial charge >= 0.3 is 11.9 Å². The standard InChI is InChI=1S/C47H82O5/c1-4-7-10-13-16-19-21-22-23-24-25-27-30-33-36-39-42-50-43-45(52-47(49)41-38-35-32-28-18-15-12-9-6-3)44-51-46(48)40-37-34-31-29-26-20-17-14-11-8-5-2/h7,10,14,16-17,19,22-23,25,27,45H,4-6,8-9,11-13,15,18,20-21,24,26,28-44H2,1-3H3/b10-7-,17-14-,19-16-,23-22-,27-25-. The topological polar surface area (TPSA) is 61.8 Å². The molecule has 0 saturated carbocycles. The molecule has 1 unspecified atom stereocenters. The second-order valence-corrected chi connectivity index (χ2v) is 14.2. The van der Waals surface area contributed by atoms with Crippen molar-refractivity contribution in [1.82, 2.24) is 0 Å². The van der Waals surface area contributed by atoms with Gasteiger partial charge < -0.3 is 14.2 Å². The maximum atomic E-state index is 12.6. The quantitative estimate of drug-likeness (QED) is 0.0358. The van der Waals surface area contributed by atoms with Gasteiger partial charge in [-0.2, -0.15) is 0 Å². The highest BCUT2D eigenvalue weighted by atomic mass is 16.6. The van der Waals surface area contributed by atoms with Crippen LogP contribution in [0.2, 0.25) is 0 Å². The minimum Gasteiger partial charge on any atom is -0.462 e. The Morgan fingerprint density at radius 3 is 1.46 bits per heavy atom. The number of ether oxygens (including phenoxy) is 3. The maximum Gasteiger partial charge on any atom is 0.306 e. The summed E-state index contributed by atoms with van der Waals surface area (Å²) in [6.07, 6.45) is 52.2. The SMILES string of the molecule is CC/C=C\C/C=C\C/C=C\C/C=C\CCCCCOCC(COC(=O)CCCCCCC/C=C\CCCC)OC(=O)CCCCCCCCCCC. The minimum absolute atomic E-state index is 0.0680. The summed E-state index contributed by atoms with van der Waals surface area (Å²) in [6, 6.07) is 0. The lowest BCUT2D eigenvalue weighted by Gasteiger charge is -2.18. The lowest BCUT2D eigenvalue weighted by atomic mass is 10.1. The molecule has 0 fully saturated rings. The van der Waals surface area contributed by atoms with Crippen molar-refractivity contribution in [3.05, 3.63) is 60.8 Å². The molecule has 1 atom stereocenters. The molecule has 0 aromatic heterocycles. The molecule has 0 aliphatic rings. The van der Waals surface area contributed by atoms with Crippen molar-refractivity contribution in [2.45, 2.75) is 207 Å². The summed E-state index contributed by atoms with van der Waals surface area (Å²) in [7, 11) is 0. The smallest absolute Gasteiger partial charge is 0.306 e. The van der Waals surface area contributed by atoms with Crippen molar-refractivity contribution in [2.24, 2.45) is 0 Å². The van der Waals surface area contributed by atoms with E-state index in [1.165, 1.54) is 77.0 Å². The molecule has 5 nitrogen and oxygen atoms in total. The maximum absolute atomic E-state index is 12.6. The number of hydrogen-bond acceptors (Lipinski definition) is 5. The van der Waals surface area contributed by atoms with Gasteiger partial charge in [0.05, 0.1) is 6.61 Å². The van der Waals surface area contributed by atoms with Crippen molar-refractivity contribution in [1.29, 1.82) is 0 Å². The summed E-state index contributed by atoms with van der Waals surface area (Å²) in [5, 5.41) is 0. The number of rotatable bonds is 39. The summed E-state index contributed by atoms with van der Waals surface area (Å²) in [5.41, 5.74) is 0. The van der Waals surface area contributed by atoms with Crippen LogP contribution in [-0.2, 0) is 23.8 Å². The average molecular weight is 727 g/mol. The van der Waals surface area contributed by atoms with Gasteiger partial charge in [-0.1, -0.05) is 171 Å². The highest BCUT2D eigenvalue weighted by Crippen LogP contribution is 2.13. The molecule has 0 aromatic carbocycles. The molecular formula is C47H82O5. The third kappa shape index (κ3) is 40.4.